The lowest BCUT2D eigenvalue weighted by atomic mass is 9.96. The molecule has 21 heavy (non-hydrogen) atoms. The van der Waals surface area contributed by atoms with Gasteiger partial charge in [0.15, 0.2) is 0 Å². The van der Waals surface area contributed by atoms with Gasteiger partial charge in [0.2, 0.25) is 5.91 Å². The van der Waals surface area contributed by atoms with E-state index < -0.39 is 0 Å². The molecule has 0 spiro atoms. The minimum absolute atomic E-state index is 0.0913. The van der Waals surface area contributed by atoms with E-state index in [0.717, 1.165) is 12.8 Å². The van der Waals surface area contributed by atoms with E-state index in [0.29, 0.717) is 34.9 Å². The fourth-order valence-electron chi connectivity index (χ4n) is 2.83. The van der Waals surface area contributed by atoms with Crippen molar-refractivity contribution in [2.75, 3.05) is 18.4 Å². The molecule has 0 aromatic heterocycles. The van der Waals surface area contributed by atoms with Gasteiger partial charge in [0.25, 0.3) is 0 Å². The number of hydrogen-bond donors (Lipinski definition) is 2. The predicted octanol–water partition coefficient (Wildman–Crippen LogP) is 3.13. The van der Waals surface area contributed by atoms with Crippen LogP contribution in [0.1, 0.15) is 26.2 Å². The van der Waals surface area contributed by atoms with Crippen LogP contribution in [-0.2, 0) is 4.79 Å². The third-order valence-corrected chi connectivity index (χ3v) is 4.84. The van der Waals surface area contributed by atoms with E-state index in [1.807, 2.05) is 0 Å². The second-order valence-corrected chi connectivity index (χ2v) is 6.28. The summed E-state index contributed by atoms with van der Waals surface area (Å²) in [5.74, 6) is -0.0913. The Morgan fingerprint density at radius 2 is 2.19 bits per heavy atom. The Kier molecular flexibility index (Phi) is 5.88. The van der Waals surface area contributed by atoms with E-state index in [9.17, 15) is 4.79 Å². The molecule has 1 heterocycles. The van der Waals surface area contributed by atoms with Crippen LogP contribution in [0.3, 0.4) is 0 Å². The maximum atomic E-state index is 12.3. The van der Waals surface area contributed by atoms with E-state index >= 15 is 0 Å². The van der Waals surface area contributed by atoms with Crippen LogP contribution in [0.2, 0.25) is 10.0 Å². The van der Waals surface area contributed by atoms with Gasteiger partial charge in [0, 0.05) is 18.6 Å². The van der Waals surface area contributed by atoms with Crippen molar-refractivity contribution in [3.05, 3.63) is 28.2 Å². The first-order valence-corrected chi connectivity index (χ1v) is 7.98. The summed E-state index contributed by atoms with van der Waals surface area (Å²) in [5.41, 5.74) is 6.36. The summed E-state index contributed by atoms with van der Waals surface area (Å²) in [6.07, 6.45) is 3.31. The van der Waals surface area contributed by atoms with Crippen LogP contribution in [0.4, 0.5) is 5.69 Å². The molecule has 0 bridgehead atoms. The number of nitrogens with one attached hydrogen (secondary N) is 1. The molecule has 3 N–H and O–H groups in total. The molecule has 1 aromatic rings. The normalized spacial score (nSPS) is 23.0. The van der Waals surface area contributed by atoms with Gasteiger partial charge in [-0.15, -0.1) is 0 Å². The van der Waals surface area contributed by atoms with Crippen molar-refractivity contribution >= 4 is 34.8 Å². The first kappa shape index (κ1) is 16.6. The summed E-state index contributed by atoms with van der Waals surface area (Å²) in [5, 5.41) is 3.63. The largest absolute Gasteiger partial charge is 0.329 e. The zero-order valence-corrected chi connectivity index (χ0v) is 13.6. The lowest BCUT2D eigenvalue weighted by Gasteiger charge is -2.39. The topological polar surface area (TPSA) is 58.4 Å². The van der Waals surface area contributed by atoms with E-state index in [2.05, 4.69) is 17.1 Å². The van der Waals surface area contributed by atoms with Gasteiger partial charge in [0.1, 0.15) is 0 Å². The number of nitrogens with zero attached hydrogens (tertiary/aromatic N) is 1. The quantitative estimate of drug-likeness (QED) is 0.892. The molecule has 1 aromatic carbocycles. The fourth-order valence-corrected chi connectivity index (χ4v) is 3.18. The number of carbonyl (C=O) groups excluding carboxylic acids is 1. The highest BCUT2D eigenvalue weighted by Gasteiger charge is 2.28. The average molecular weight is 330 g/mol. The number of halogens is 2. The van der Waals surface area contributed by atoms with Crippen molar-refractivity contribution in [3.8, 4) is 0 Å². The lowest BCUT2D eigenvalue weighted by molar-refractivity contribution is -0.118. The smallest absolute Gasteiger partial charge is 0.238 e. The summed E-state index contributed by atoms with van der Waals surface area (Å²) < 4.78 is 0. The minimum atomic E-state index is -0.0913. The number of hydrogen-bond acceptors (Lipinski definition) is 3. The predicted molar refractivity (Wildman–Crippen MR) is 88.0 cm³/mol. The second kappa shape index (κ2) is 7.45. The molecule has 1 amide bonds. The SMILES string of the molecule is CC1CCCC(CN)N1CC(=O)Nc1cccc(Cl)c1Cl. The average Bonchev–Trinajstić information content (AvgIpc) is 2.46. The molecule has 2 atom stereocenters. The molecule has 1 saturated heterocycles. The van der Waals surface area contributed by atoms with Gasteiger partial charge >= 0.3 is 0 Å². The third kappa shape index (κ3) is 4.10. The maximum Gasteiger partial charge on any atom is 0.238 e. The Bertz CT molecular complexity index is 510. The highest BCUT2D eigenvalue weighted by atomic mass is 35.5. The molecule has 116 valence electrons. The van der Waals surface area contributed by atoms with E-state index in [-0.39, 0.29) is 11.9 Å². The highest BCUT2D eigenvalue weighted by Crippen LogP contribution is 2.29. The molecule has 1 aliphatic rings. The standard InChI is InChI=1S/C15H21Cl2N3O/c1-10-4-2-5-11(8-18)20(10)9-14(21)19-13-7-3-6-12(16)15(13)17/h3,6-7,10-11H,2,4-5,8-9,18H2,1H3,(H,19,21). The molecule has 1 fully saturated rings. The second-order valence-electron chi connectivity index (χ2n) is 5.49. The fraction of sp³-hybridized carbons (Fsp3) is 0.533. The number of carbonyl (C=O) groups is 1. The van der Waals surface area contributed by atoms with Crippen molar-refractivity contribution in [2.45, 2.75) is 38.3 Å². The summed E-state index contributed by atoms with van der Waals surface area (Å²) in [4.78, 5) is 14.4. The van der Waals surface area contributed by atoms with Gasteiger partial charge in [-0.2, -0.15) is 0 Å². The Balaban J connectivity index is 2.02. The van der Waals surface area contributed by atoms with Gasteiger partial charge in [-0.05, 0) is 31.9 Å². The summed E-state index contributed by atoms with van der Waals surface area (Å²) in [7, 11) is 0. The molecular formula is C15H21Cl2N3O. The van der Waals surface area contributed by atoms with Crippen LogP contribution in [0, 0.1) is 0 Å². The highest BCUT2D eigenvalue weighted by molar-refractivity contribution is 6.43. The van der Waals surface area contributed by atoms with Crippen molar-refractivity contribution in [1.82, 2.24) is 4.90 Å². The summed E-state index contributed by atoms with van der Waals surface area (Å²) in [6.45, 7) is 3.04. The molecule has 2 rings (SSSR count). The summed E-state index contributed by atoms with van der Waals surface area (Å²) >= 11 is 12.0. The van der Waals surface area contributed by atoms with Crippen LogP contribution < -0.4 is 11.1 Å². The van der Waals surface area contributed by atoms with Crippen LogP contribution in [0.15, 0.2) is 18.2 Å². The molecule has 0 saturated carbocycles. The molecule has 6 heteroatoms. The van der Waals surface area contributed by atoms with Gasteiger partial charge < -0.3 is 11.1 Å². The van der Waals surface area contributed by atoms with Gasteiger partial charge in [-0.1, -0.05) is 35.7 Å². The van der Waals surface area contributed by atoms with E-state index in [1.165, 1.54) is 6.42 Å². The summed E-state index contributed by atoms with van der Waals surface area (Å²) in [6, 6.07) is 5.83. The third-order valence-electron chi connectivity index (χ3n) is 4.02. The van der Waals surface area contributed by atoms with Crippen molar-refractivity contribution in [3.63, 3.8) is 0 Å². The first-order chi connectivity index (χ1) is 10.0. The van der Waals surface area contributed by atoms with E-state index in [1.54, 1.807) is 18.2 Å². The van der Waals surface area contributed by atoms with Gasteiger partial charge in [-0.25, -0.2) is 0 Å². The van der Waals surface area contributed by atoms with Crippen LogP contribution >= 0.6 is 23.2 Å². The minimum Gasteiger partial charge on any atom is -0.329 e. The van der Waals surface area contributed by atoms with E-state index in [4.69, 9.17) is 28.9 Å². The van der Waals surface area contributed by atoms with Crippen LogP contribution in [-0.4, -0.2) is 36.0 Å². The van der Waals surface area contributed by atoms with Crippen molar-refractivity contribution in [2.24, 2.45) is 5.73 Å². The van der Waals surface area contributed by atoms with Crippen LogP contribution in [0.5, 0.6) is 0 Å². The Hall–Kier alpha value is -0.810. The Morgan fingerprint density at radius 3 is 2.90 bits per heavy atom. The molecule has 0 radical (unpaired) electrons. The van der Waals surface area contributed by atoms with Gasteiger partial charge in [-0.3, -0.25) is 9.69 Å². The zero-order valence-electron chi connectivity index (χ0n) is 12.1. The Labute approximate surface area is 135 Å². The van der Waals surface area contributed by atoms with Crippen LogP contribution in [0.25, 0.3) is 0 Å². The molecular weight excluding hydrogens is 309 g/mol. The Morgan fingerprint density at radius 1 is 1.43 bits per heavy atom. The number of amides is 1. The number of rotatable bonds is 4. The number of benzene rings is 1. The number of likely N-dealkylation sites (tertiary alicyclic amines) is 1. The molecule has 1 aliphatic heterocycles. The lowest BCUT2D eigenvalue weighted by Crippen LogP contribution is -2.51. The van der Waals surface area contributed by atoms with Crippen molar-refractivity contribution in [1.29, 1.82) is 0 Å². The number of anilines is 1. The first-order valence-electron chi connectivity index (χ1n) is 7.22. The number of nitrogens with two attached hydrogens (primary N) is 1. The molecule has 4 nitrogen and oxygen atoms in total. The maximum absolute atomic E-state index is 12.3. The van der Waals surface area contributed by atoms with Gasteiger partial charge in [0.05, 0.1) is 22.3 Å². The van der Waals surface area contributed by atoms with Crippen molar-refractivity contribution < 1.29 is 4.79 Å². The monoisotopic (exact) mass is 329 g/mol. The number of piperidine rings is 1. The zero-order chi connectivity index (χ0) is 15.4. The molecule has 2 unspecified atom stereocenters. The molecule has 0 aliphatic carbocycles.